The smallest absolute Gasteiger partial charge is 0.261 e. The molecule has 0 unspecified atom stereocenters. The minimum Gasteiger partial charge on any atom is -0.496 e. The molecule has 0 amide bonds. The van der Waals surface area contributed by atoms with E-state index in [0.717, 1.165) is 23.5 Å². The van der Waals surface area contributed by atoms with Gasteiger partial charge in [-0.1, -0.05) is 12.1 Å². The molecular weight excluding hydrogens is 262 g/mol. The van der Waals surface area contributed by atoms with Crippen molar-refractivity contribution in [3.8, 4) is 17.2 Å². The number of thioether (sulfide) groups is 1. The monoisotopic (exact) mass is 279 g/mol. The van der Waals surface area contributed by atoms with Crippen LogP contribution in [0.3, 0.4) is 0 Å². The SMILES string of the molecule is CCCSCc1noc(-c2ccc(N)cc2OC)n1. The van der Waals surface area contributed by atoms with E-state index in [1.54, 1.807) is 31.0 Å². The number of nitrogens with zero attached hydrogens (tertiary/aromatic N) is 2. The van der Waals surface area contributed by atoms with Crippen molar-refractivity contribution in [1.29, 1.82) is 0 Å². The van der Waals surface area contributed by atoms with Crippen LogP contribution in [0.4, 0.5) is 5.69 Å². The topological polar surface area (TPSA) is 74.2 Å². The average Bonchev–Trinajstić information content (AvgIpc) is 2.87. The van der Waals surface area contributed by atoms with Gasteiger partial charge in [0.25, 0.3) is 5.89 Å². The Kier molecular flexibility index (Phi) is 4.68. The second-order valence-electron chi connectivity index (χ2n) is 4.03. The minimum absolute atomic E-state index is 0.462. The van der Waals surface area contributed by atoms with Crippen molar-refractivity contribution in [1.82, 2.24) is 10.1 Å². The van der Waals surface area contributed by atoms with Crippen molar-refractivity contribution < 1.29 is 9.26 Å². The first kappa shape index (κ1) is 13.7. The summed E-state index contributed by atoms with van der Waals surface area (Å²) in [5.41, 5.74) is 7.12. The van der Waals surface area contributed by atoms with E-state index in [1.165, 1.54) is 0 Å². The Morgan fingerprint density at radius 1 is 1.42 bits per heavy atom. The predicted molar refractivity (Wildman–Crippen MR) is 77.2 cm³/mol. The molecule has 2 N–H and O–H groups in total. The molecule has 0 bridgehead atoms. The maximum absolute atomic E-state index is 5.72. The molecule has 2 rings (SSSR count). The number of methoxy groups -OCH3 is 1. The van der Waals surface area contributed by atoms with Crippen molar-refractivity contribution in [2.24, 2.45) is 0 Å². The summed E-state index contributed by atoms with van der Waals surface area (Å²) >= 11 is 1.79. The van der Waals surface area contributed by atoms with Crippen LogP contribution in [0, 0.1) is 0 Å². The lowest BCUT2D eigenvalue weighted by Gasteiger charge is -2.05. The van der Waals surface area contributed by atoms with Crippen LogP contribution in [0.15, 0.2) is 22.7 Å². The van der Waals surface area contributed by atoms with Gasteiger partial charge in [-0.15, -0.1) is 0 Å². The molecule has 102 valence electrons. The lowest BCUT2D eigenvalue weighted by molar-refractivity contribution is 0.404. The molecule has 6 heteroatoms. The van der Waals surface area contributed by atoms with Crippen LogP contribution in [0.25, 0.3) is 11.5 Å². The Morgan fingerprint density at radius 3 is 3.00 bits per heavy atom. The number of nitrogen functional groups attached to an aromatic ring is 1. The van der Waals surface area contributed by atoms with Crippen molar-refractivity contribution in [3.63, 3.8) is 0 Å². The molecule has 1 heterocycles. The maximum atomic E-state index is 5.72. The minimum atomic E-state index is 0.462. The van der Waals surface area contributed by atoms with Gasteiger partial charge in [-0.05, 0) is 24.3 Å². The average molecular weight is 279 g/mol. The normalized spacial score (nSPS) is 10.6. The second-order valence-corrected chi connectivity index (χ2v) is 5.13. The van der Waals surface area contributed by atoms with Crippen LogP contribution in [-0.2, 0) is 5.75 Å². The van der Waals surface area contributed by atoms with Gasteiger partial charge in [-0.3, -0.25) is 0 Å². The van der Waals surface area contributed by atoms with E-state index in [-0.39, 0.29) is 0 Å². The molecule has 1 aromatic carbocycles. The zero-order valence-corrected chi connectivity index (χ0v) is 11.9. The molecule has 0 fully saturated rings. The molecule has 5 nitrogen and oxygen atoms in total. The summed E-state index contributed by atoms with van der Waals surface area (Å²) in [6.07, 6.45) is 1.14. The highest BCUT2D eigenvalue weighted by atomic mass is 32.2. The fourth-order valence-electron chi connectivity index (χ4n) is 1.61. The molecule has 0 aliphatic carbocycles. The number of hydrogen-bond donors (Lipinski definition) is 1. The van der Waals surface area contributed by atoms with Crippen molar-refractivity contribution in [2.45, 2.75) is 19.1 Å². The summed E-state index contributed by atoms with van der Waals surface area (Å²) < 4.78 is 10.5. The number of nitrogens with two attached hydrogens (primary N) is 1. The summed E-state index contributed by atoms with van der Waals surface area (Å²) in [7, 11) is 1.59. The molecule has 1 aromatic heterocycles. The molecule has 0 atom stereocenters. The first-order valence-corrected chi connectivity index (χ1v) is 7.24. The fraction of sp³-hybridized carbons (Fsp3) is 0.385. The van der Waals surface area contributed by atoms with E-state index < -0.39 is 0 Å². The quantitative estimate of drug-likeness (QED) is 0.647. The van der Waals surface area contributed by atoms with Gasteiger partial charge in [-0.25, -0.2) is 0 Å². The van der Waals surface area contributed by atoms with Gasteiger partial charge in [0, 0.05) is 11.8 Å². The molecule has 0 saturated heterocycles. The number of anilines is 1. The summed E-state index contributed by atoms with van der Waals surface area (Å²) in [5.74, 6) is 3.65. The first-order chi connectivity index (χ1) is 9.24. The van der Waals surface area contributed by atoms with Crippen LogP contribution in [0.1, 0.15) is 19.2 Å². The highest BCUT2D eigenvalue weighted by Gasteiger charge is 2.13. The standard InChI is InChI=1S/C13H17N3O2S/c1-3-6-19-8-12-15-13(18-16-12)10-5-4-9(14)7-11(10)17-2/h4-5,7H,3,6,8,14H2,1-2H3. The Hall–Kier alpha value is -1.69. The van der Waals surface area contributed by atoms with Crippen molar-refractivity contribution >= 4 is 17.4 Å². The molecule has 0 saturated carbocycles. The van der Waals surface area contributed by atoms with E-state index >= 15 is 0 Å². The molecule has 0 aliphatic rings. The van der Waals surface area contributed by atoms with Gasteiger partial charge < -0.3 is 15.0 Å². The summed E-state index contributed by atoms with van der Waals surface area (Å²) in [6, 6.07) is 5.35. The van der Waals surface area contributed by atoms with Gasteiger partial charge in [0.1, 0.15) is 5.75 Å². The largest absolute Gasteiger partial charge is 0.496 e. The number of ether oxygens (including phenoxy) is 1. The number of aromatic nitrogens is 2. The van der Waals surface area contributed by atoms with Gasteiger partial charge in [0.15, 0.2) is 5.82 Å². The zero-order valence-electron chi connectivity index (χ0n) is 11.0. The summed E-state index contributed by atoms with van der Waals surface area (Å²) in [5, 5.41) is 3.97. The van der Waals surface area contributed by atoms with Crippen LogP contribution in [0.5, 0.6) is 5.75 Å². The van der Waals surface area contributed by atoms with Crippen LogP contribution < -0.4 is 10.5 Å². The van der Waals surface area contributed by atoms with E-state index in [9.17, 15) is 0 Å². The molecule has 0 aliphatic heterocycles. The van der Waals surface area contributed by atoms with Gasteiger partial charge in [-0.2, -0.15) is 16.7 Å². The van der Waals surface area contributed by atoms with E-state index in [4.69, 9.17) is 15.0 Å². The Labute approximate surface area is 116 Å². The fourth-order valence-corrected chi connectivity index (χ4v) is 2.35. The number of benzene rings is 1. The summed E-state index contributed by atoms with van der Waals surface area (Å²) in [4.78, 5) is 4.37. The highest BCUT2D eigenvalue weighted by molar-refractivity contribution is 7.98. The van der Waals surface area contributed by atoms with Crippen molar-refractivity contribution in [2.75, 3.05) is 18.6 Å². The van der Waals surface area contributed by atoms with Gasteiger partial charge >= 0.3 is 0 Å². The number of rotatable bonds is 6. The Bertz CT molecular complexity index is 542. The maximum Gasteiger partial charge on any atom is 0.261 e. The third-order valence-electron chi connectivity index (χ3n) is 2.50. The molecule has 2 aromatic rings. The highest BCUT2D eigenvalue weighted by Crippen LogP contribution is 2.30. The Morgan fingerprint density at radius 2 is 2.26 bits per heavy atom. The molecule has 0 spiro atoms. The second kappa shape index (κ2) is 6.47. The predicted octanol–water partition coefficient (Wildman–Crippen LogP) is 2.97. The van der Waals surface area contributed by atoms with Gasteiger partial charge in [0.05, 0.1) is 18.4 Å². The van der Waals surface area contributed by atoms with Crippen LogP contribution in [-0.4, -0.2) is 23.0 Å². The van der Waals surface area contributed by atoms with E-state index in [0.29, 0.717) is 23.2 Å². The third-order valence-corrected chi connectivity index (χ3v) is 3.66. The summed E-state index contributed by atoms with van der Waals surface area (Å²) in [6.45, 7) is 2.15. The van der Waals surface area contributed by atoms with E-state index in [1.807, 2.05) is 6.07 Å². The van der Waals surface area contributed by atoms with Gasteiger partial charge in [0.2, 0.25) is 0 Å². The van der Waals surface area contributed by atoms with Crippen LogP contribution >= 0.6 is 11.8 Å². The van der Waals surface area contributed by atoms with Crippen LogP contribution in [0.2, 0.25) is 0 Å². The lowest BCUT2D eigenvalue weighted by atomic mass is 10.2. The molecule has 0 radical (unpaired) electrons. The zero-order chi connectivity index (χ0) is 13.7. The molecule has 19 heavy (non-hydrogen) atoms. The number of hydrogen-bond acceptors (Lipinski definition) is 6. The Balaban J connectivity index is 2.18. The first-order valence-electron chi connectivity index (χ1n) is 6.08. The third kappa shape index (κ3) is 3.41. The lowest BCUT2D eigenvalue weighted by Crippen LogP contribution is -1.92. The van der Waals surface area contributed by atoms with Crippen molar-refractivity contribution in [3.05, 3.63) is 24.0 Å². The molecular formula is C13H17N3O2S. The van der Waals surface area contributed by atoms with E-state index in [2.05, 4.69) is 17.1 Å².